The van der Waals surface area contributed by atoms with Crippen LogP contribution in [0.3, 0.4) is 0 Å². The first-order valence-corrected chi connectivity index (χ1v) is 10.2. The van der Waals surface area contributed by atoms with E-state index in [1.54, 1.807) is 0 Å². The third-order valence-corrected chi connectivity index (χ3v) is 5.24. The van der Waals surface area contributed by atoms with Gasteiger partial charge in [0.2, 0.25) is 0 Å². The Morgan fingerprint density at radius 2 is 1.97 bits per heavy atom. The summed E-state index contributed by atoms with van der Waals surface area (Å²) in [7, 11) is 0. The van der Waals surface area contributed by atoms with Gasteiger partial charge >= 0.3 is 5.97 Å². The number of rotatable bonds is 6. The van der Waals surface area contributed by atoms with E-state index in [2.05, 4.69) is 18.7 Å². The van der Waals surface area contributed by atoms with E-state index in [9.17, 15) is 4.79 Å². The average Bonchev–Trinajstić information content (AvgIpc) is 3.13. The highest BCUT2D eigenvalue weighted by Gasteiger charge is 2.29. The van der Waals surface area contributed by atoms with Crippen molar-refractivity contribution in [2.24, 2.45) is 5.92 Å². The quantitative estimate of drug-likeness (QED) is 0.520. The van der Waals surface area contributed by atoms with Crippen molar-refractivity contribution in [1.29, 1.82) is 0 Å². The van der Waals surface area contributed by atoms with Gasteiger partial charge in [-0.1, -0.05) is 44.2 Å². The lowest BCUT2D eigenvalue weighted by atomic mass is 10.00. The fourth-order valence-corrected chi connectivity index (χ4v) is 3.74. The Morgan fingerprint density at radius 1 is 1.17 bits per heavy atom. The van der Waals surface area contributed by atoms with E-state index in [-0.39, 0.29) is 5.97 Å². The number of carbonyl (C=O) groups is 1. The molecule has 0 fully saturated rings. The molecule has 0 amide bonds. The van der Waals surface area contributed by atoms with Crippen LogP contribution in [0.2, 0.25) is 0 Å². The summed E-state index contributed by atoms with van der Waals surface area (Å²) in [5.74, 6) is 1.62. The van der Waals surface area contributed by atoms with Crippen LogP contribution in [0.25, 0.3) is 22.3 Å². The molecule has 0 N–H and O–H groups in total. The van der Waals surface area contributed by atoms with Crippen LogP contribution in [-0.4, -0.2) is 30.8 Å². The first kappa shape index (κ1) is 19.5. The Morgan fingerprint density at radius 3 is 2.69 bits per heavy atom. The minimum Gasteiger partial charge on any atom is -0.478 e. The Balaban J connectivity index is 1.84. The molecule has 0 unspecified atom stereocenters. The second-order valence-electron chi connectivity index (χ2n) is 7.82. The van der Waals surface area contributed by atoms with Gasteiger partial charge in [0.1, 0.15) is 29.4 Å². The molecule has 0 atom stereocenters. The van der Waals surface area contributed by atoms with Crippen LogP contribution in [0.4, 0.5) is 0 Å². The maximum atomic E-state index is 13.0. The fourth-order valence-electron chi connectivity index (χ4n) is 3.74. The molecular weight excluding hydrogens is 366 g/mol. The lowest BCUT2D eigenvalue weighted by Gasteiger charge is -2.29. The van der Waals surface area contributed by atoms with Crippen molar-refractivity contribution in [3.05, 3.63) is 53.6 Å². The number of hydrogen-bond acceptors (Lipinski definition) is 5. The van der Waals surface area contributed by atoms with E-state index in [1.165, 1.54) is 0 Å². The van der Waals surface area contributed by atoms with Crippen LogP contribution >= 0.6 is 0 Å². The summed E-state index contributed by atoms with van der Waals surface area (Å²) >= 11 is 0. The van der Waals surface area contributed by atoms with Gasteiger partial charge in [-0.15, -0.1) is 0 Å². The van der Waals surface area contributed by atoms with Gasteiger partial charge in [-0.3, -0.25) is 4.90 Å². The van der Waals surface area contributed by atoms with Crippen molar-refractivity contribution in [1.82, 2.24) is 4.90 Å². The number of fused-ring (bicyclic) bond motifs is 3. The third-order valence-electron chi connectivity index (χ3n) is 5.24. The van der Waals surface area contributed by atoms with E-state index < -0.39 is 0 Å². The van der Waals surface area contributed by atoms with Crippen LogP contribution in [0.5, 0.6) is 5.75 Å². The topological polar surface area (TPSA) is 51.9 Å². The molecule has 0 saturated heterocycles. The van der Waals surface area contributed by atoms with Gasteiger partial charge < -0.3 is 13.9 Å². The Bertz CT molecular complexity index is 1010. The Labute approximate surface area is 171 Å². The lowest BCUT2D eigenvalue weighted by molar-refractivity contribution is 0.0528. The number of ether oxygens (including phenoxy) is 2. The molecule has 0 bridgehead atoms. The molecule has 0 aliphatic carbocycles. The van der Waals surface area contributed by atoms with Gasteiger partial charge in [0.05, 0.1) is 6.61 Å². The fraction of sp³-hybridized carbons (Fsp3) is 0.375. The van der Waals surface area contributed by atoms with Crippen LogP contribution in [0, 0.1) is 5.92 Å². The largest absolute Gasteiger partial charge is 0.478 e. The zero-order valence-corrected chi connectivity index (χ0v) is 17.2. The summed E-state index contributed by atoms with van der Waals surface area (Å²) in [5.41, 5.74) is 3.01. The molecule has 1 aliphatic heterocycles. The van der Waals surface area contributed by atoms with Gasteiger partial charge in [-0.25, -0.2) is 4.79 Å². The van der Waals surface area contributed by atoms with Crippen molar-refractivity contribution in [2.45, 2.75) is 33.7 Å². The summed E-state index contributed by atoms with van der Waals surface area (Å²) < 4.78 is 17.6. The zero-order chi connectivity index (χ0) is 20.4. The smallest absolute Gasteiger partial charge is 0.342 e. The average molecular weight is 393 g/mol. The van der Waals surface area contributed by atoms with Crippen LogP contribution < -0.4 is 4.74 Å². The molecule has 1 aliphatic rings. The monoisotopic (exact) mass is 393 g/mol. The molecule has 4 rings (SSSR count). The molecule has 1 aromatic heterocycles. The van der Waals surface area contributed by atoms with E-state index >= 15 is 0 Å². The van der Waals surface area contributed by atoms with Gasteiger partial charge in [0.15, 0.2) is 0 Å². The van der Waals surface area contributed by atoms with Gasteiger partial charge in [0.25, 0.3) is 0 Å². The first-order valence-electron chi connectivity index (χ1n) is 10.2. The molecule has 2 aromatic carbocycles. The van der Waals surface area contributed by atoms with E-state index in [4.69, 9.17) is 13.9 Å². The van der Waals surface area contributed by atoms with Gasteiger partial charge in [-0.05, 0) is 31.4 Å². The number of carbonyl (C=O) groups excluding carboxylic acids is 1. The first-order chi connectivity index (χ1) is 14.1. The highest BCUT2D eigenvalue weighted by Crippen LogP contribution is 2.41. The van der Waals surface area contributed by atoms with Gasteiger partial charge in [0, 0.05) is 29.6 Å². The number of benzene rings is 2. The molecule has 2 heterocycles. The summed E-state index contributed by atoms with van der Waals surface area (Å²) in [6.07, 6.45) is 1.10. The highest BCUT2D eigenvalue weighted by molar-refractivity contribution is 6.10. The minimum absolute atomic E-state index is 0.311. The second-order valence-corrected chi connectivity index (χ2v) is 7.82. The van der Waals surface area contributed by atoms with Crippen LogP contribution in [0.1, 0.15) is 43.1 Å². The molecule has 3 aromatic rings. The third kappa shape index (κ3) is 3.87. The molecule has 152 valence electrons. The van der Waals surface area contributed by atoms with E-state index in [1.807, 2.05) is 49.4 Å². The molecule has 0 radical (unpaired) electrons. The van der Waals surface area contributed by atoms with Crippen molar-refractivity contribution >= 4 is 16.9 Å². The summed E-state index contributed by atoms with van der Waals surface area (Å²) in [5, 5.41) is 0.800. The normalized spacial score (nSPS) is 14.1. The number of nitrogens with zero attached hydrogens (tertiary/aromatic N) is 1. The van der Waals surface area contributed by atoms with Crippen molar-refractivity contribution in [3.63, 3.8) is 0 Å². The molecule has 29 heavy (non-hydrogen) atoms. The molecular formula is C24H27NO4. The molecule has 0 saturated carbocycles. The summed E-state index contributed by atoms with van der Waals surface area (Å²) in [6.45, 7) is 8.80. The number of hydrogen-bond donors (Lipinski definition) is 0. The van der Waals surface area contributed by atoms with Crippen molar-refractivity contribution in [3.8, 4) is 17.1 Å². The van der Waals surface area contributed by atoms with E-state index in [0.717, 1.165) is 41.8 Å². The predicted octanol–water partition coefficient (Wildman–Crippen LogP) is 5.47. The molecule has 5 heteroatoms. The molecule has 0 spiro atoms. The van der Waals surface area contributed by atoms with Crippen molar-refractivity contribution < 1.29 is 18.7 Å². The van der Waals surface area contributed by atoms with Crippen molar-refractivity contribution in [2.75, 3.05) is 19.9 Å². The standard InChI is InChI=1S/C24H27NO4/c1-4-27-24(26)22-21-18-14-25(13-12-16(2)3)15-28-19(18)10-11-20(21)29-23(22)17-8-6-5-7-9-17/h5-11,16H,4,12-15H2,1-3H3. The second kappa shape index (κ2) is 8.29. The minimum atomic E-state index is -0.363. The SMILES string of the molecule is CCOC(=O)c1c(-c2ccccc2)oc2ccc3c(c12)CN(CCC(C)C)CO3. The zero-order valence-electron chi connectivity index (χ0n) is 17.2. The summed E-state index contributed by atoms with van der Waals surface area (Å²) in [6, 6.07) is 13.5. The number of esters is 1. The molecule has 5 nitrogen and oxygen atoms in total. The lowest BCUT2D eigenvalue weighted by Crippen LogP contribution is -2.33. The summed E-state index contributed by atoms with van der Waals surface area (Å²) in [4.78, 5) is 15.2. The van der Waals surface area contributed by atoms with E-state index in [0.29, 0.717) is 36.2 Å². The highest BCUT2D eigenvalue weighted by atomic mass is 16.5. The van der Waals surface area contributed by atoms with Crippen LogP contribution in [0.15, 0.2) is 46.9 Å². The number of furan rings is 1. The maximum Gasteiger partial charge on any atom is 0.342 e. The predicted molar refractivity (Wildman–Crippen MR) is 113 cm³/mol. The van der Waals surface area contributed by atoms with Crippen LogP contribution in [-0.2, 0) is 11.3 Å². The Kier molecular flexibility index (Phi) is 5.58. The maximum absolute atomic E-state index is 13.0. The van der Waals surface area contributed by atoms with Gasteiger partial charge in [-0.2, -0.15) is 0 Å². The Hall–Kier alpha value is -2.79.